The first kappa shape index (κ1) is 14.5. The summed E-state index contributed by atoms with van der Waals surface area (Å²) in [6, 6.07) is 4.87. The molecule has 0 spiro atoms. The molecule has 1 aromatic carbocycles. The highest BCUT2D eigenvalue weighted by atomic mass is 79.9. The van der Waals surface area contributed by atoms with Gasteiger partial charge < -0.3 is 10.4 Å². The van der Waals surface area contributed by atoms with E-state index in [1.165, 1.54) is 12.3 Å². The van der Waals surface area contributed by atoms with E-state index < -0.39 is 11.8 Å². The lowest BCUT2D eigenvalue weighted by Gasteiger charge is -2.19. The summed E-state index contributed by atoms with van der Waals surface area (Å²) in [5, 5.41) is 16.0. The quantitative estimate of drug-likeness (QED) is 0.438. The predicted octanol–water partition coefficient (Wildman–Crippen LogP) is 1.13. The Kier molecular flexibility index (Phi) is 4.73. The molecule has 1 heterocycles. The SMILES string of the molecule is O=C1NCCC[C@@H]1C(=O)N/N=C\c1cc(Br)ccc1O. The van der Waals surface area contributed by atoms with E-state index in [1.807, 2.05) is 0 Å². The lowest BCUT2D eigenvalue weighted by Crippen LogP contribution is -2.43. The van der Waals surface area contributed by atoms with E-state index in [2.05, 4.69) is 31.8 Å². The molecule has 0 saturated carbocycles. The zero-order valence-electron chi connectivity index (χ0n) is 10.6. The van der Waals surface area contributed by atoms with Crippen molar-refractivity contribution in [1.82, 2.24) is 10.7 Å². The molecule has 2 rings (SSSR count). The first-order chi connectivity index (χ1) is 9.58. The number of amides is 2. The number of nitrogens with zero attached hydrogens (tertiary/aromatic N) is 1. The number of phenols is 1. The van der Waals surface area contributed by atoms with E-state index in [-0.39, 0.29) is 11.7 Å². The number of phenolic OH excluding ortho intramolecular Hbond substituents is 1. The Morgan fingerprint density at radius 1 is 1.55 bits per heavy atom. The molecule has 0 unspecified atom stereocenters. The fourth-order valence-corrected chi connectivity index (χ4v) is 2.27. The van der Waals surface area contributed by atoms with Crippen LogP contribution < -0.4 is 10.7 Å². The number of halogens is 1. The van der Waals surface area contributed by atoms with Crippen molar-refractivity contribution >= 4 is 34.0 Å². The second-order valence-electron chi connectivity index (χ2n) is 4.42. The number of aromatic hydroxyl groups is 1. The van der Waals surface area contributed by atoms with Crippen LogP contribution in [-0.2, 0) is 9.59 Å². The van der Waals surface area contributed by atoms with E-state index >= 15 is 0 Å². The van der Waals surface area contributed by atoms with Gasteiger partial charge in [-0.1, -0.05) is 15.9 Å². The standard InChI is InChI=1S/C13H14BrN3O3/c14-9-3-4-11(18)8(6-9)7-16-17-13(20)10-2-1-5-15-12(10)19/h3-4,6-7,10,18H,1-2,5H2,(H,15,19)(H,17,20)/b16-7-/t10-/m0/s1. The van der Waals surface area contributed by atoms with E-state index in [1.54, 1.807) is 12.1 Å². The van der Waals surface area contributed by atoms with Crippen molar-refractivity contribution < 1.29 is 14.7 Å². The summed E-state index contributed by atoms with van der Waals surface area (Å²) in [7, 11) is 0. The maximum Gasteiger partial charge on any atom is 0.252 e. The molecule has 1 fully saturated rings. The smallest absolute Gasteiger partial charge is 0.252 e. The molecular formula is C13H14BrN3O3. The van der Waals surface area contributed by atoms with Crippen LogP contribution in [0.2, 0.25) is 0 Å². The summed E-state index contributed by atoms with van der Waals surface area (Å²) in [5.41, 5.74) is 2.79. The highest BCUT2D eigenvalue weighted by Gasteiger charge is 2.28. The van der Waals surface area contributed by atoms with E-state index in [0.717, 1.165) is 10.9 Å². The summed E-state index contributed by atoms with van der Waals surface area (Å²) in [5.74, 6) is -1.35. The van der Waals surface area contributed by atoms with Crippen LogP contribution in [0.3, 0.4) is 0 Å². The zero-order chi connectivity index (χ0) is 14.5. The summed E-state index contributed by atoms with van der Waals surface area (Å²) < 4.78 is 0.787. The minimum absolute atomic E-state index is 0.0570. The second-order valence-corrected chi connectivity index (χ2v) is 5.34. The molecule has 3 N–H and O–H groups in total. The average molecular weight is 340 g/mol. The Bertz CT molecular complexity index is 560. The van der Waals surface area contributed by atoms with E-state index in [0.29, 0.717) is 18.5 Å². The molecule has 2 amide bonds. The number of piperidine rings is 1. The monoisotopic (exact) mass is 339 g/mol. The normalized spacial score (nSPS) is 18.9. The van der Waals surface area contributed by atoms with Gasteiger partial charge in [0.25, 0.3) is 5.91 Å². The number of hydrazone groups is 1. The molecule has 1 aromatic rings. The molecule has 106 valence electrons. The third-order valence-electron chi connectivity index (χ3n) is 2.97. The number of hydrogen-bond acceptors (Lipinski definition) is 4. The minimum atomic E-state index is -0.697. The number of carbonyl (C=O) groups excluding carboxylic acids is 2. The minimum Gasteiger partial charge on any atom is -0.507 e. The molecular weight excluding hydrogens is 326 g/mol. The van der Waals surface area contributed by atoms with Crippen LogP contribution in [0.1, 0.15) is 18.4 Å². The summed E-state index contributed by atoms with van der Waals surface area (Å²) >= 11 is 3.27. The topological polar surface area (TPSA) is 90.8 Å². The lowest BCUT2D eigenvalue weighted by atomic mass is 9.98. The first-order valence-corrected chi connectivity index (χ1v) is 6.96. The van der Waals surface area contributed by atoms with Gasteiger partial charge in [-0.25, -0.2) is 5.43 Å². The van der Waals surface area contributed by atoms with E-state index in [9.17, 15) is 14.7 Å². The Morgan fingerprint density at radius 3 is 3.10 bits per heavy atom. The van der Waals surface area contributed by atoms with Gasteiger partial charge in [-0.05, 0) is 31.0 Å². The maximum atomic E-state index is 11.8. The highest BCUT2D eigenvalue weighted by Crippen LogP contribution is 2.20. The second kappa shape index (κ2) is 6.51. The number of nitrogens with one attached hydrogen (secondary N) is 2. The van der Waals surface area contributed by atoms with Crippen molar-refractivity contribution in [2.45, 2.75) is 12.8 Å². The van der Waals surface area contributed by atoms with Gasteiger partial charge in [0.15, 0.2) is 0 Å². The van der Waals surface area contributed by atoms with Crippen LogP contribution in [0.25, 0.3) is 0 Å². The van der Waals surface area contributed by atoms with Gasteiger partial charge in [-0.15, -0.1) is 0 Å². The zero-order valence-corrected chi connectivity index (χ0v) is 12.2. The van der Waals surface area contributed by atoms with Crippen molar-refractivity contribution in [2.75, 3.05) is 6.54 Å². The molecule has 0 aliphatic carbocycles. The highest BCUT2D eigenvalue weighted by molar-refractivity contribution is 9.10. The summed E-state index contributed by atoms with van der Waals surface area (Å²) in [4.78, 5) is 23.3. The molecule has 0 bridgehead atoms. The van der Waals surface area contributed by atoms with Crippen molar-refractivity contribution in [3.05, 3.63) is 28.2 Å². The van der Waals surface area contributed by atoms with Crippen LogP contribution in [-0.4, -0.2) is 29.7 Å². The summed E-state index contributed by atoms with van der Waals surface area (Å²) in [6.45, 7) is 0.609. The molecule has 0 aromatic heterocycles. The molecule has 0 radical (unpaired) electrons. The fraction of sp³-hybridized carbons (Fsp3) is 0.308. The van der Waals surface area contributed by atoms with Crippen molar-refractivity contribution in [1.29, 1.82) is 0 Å². The van der Waals surface area contributed by atoms with Crippen LogP contribution in [0, 0.1) is 5.92 Å². The predicted molar refractivity (Wildman–Crippen MR) is 77.3 cm³/mol. The Labute approximate surface area is 124 Å². The van der Waals surface area contributed by atoms with Gasteiger partial charge in [0.05, 0.1) is 6.21 Å². The molecule has 1 aliphatic rings. The van der Waals surface area contributed by atoms with Crippen molar-refractivity contribution in [3.63, 3.8) is 0 Å². The van der Waals surface area contributed by atoms with Gasteiger partial charge in [0.1, 0.15) is 11.7 Å². The van der Waals surface area contributed by atoms with Crippen molar-refractivity contribution in [2.24, 2.45) is 11.0 Å². The third-order valence-corrected chi connectivity index (χ3v) is 3.46. The van der Waals surface area contributed by atoms with Crippen molar-refractivity contribution in [3.8, 4) is 5.75 Å². The maximum absolute atomic E-state index is 11.8. The van der Waals surface area contributed by atoms with Crippen LogP contribution >= 0.6 is 15.9 Å². The van der Waals surface area contributed by atoms with Crippen LogP contribution in [0.15, 0.2) is 27.8 Å². The van der Waals surface area contributed by atoms with Gasteiger partial charge in [0, 0.05) is 16.6 Å². The van der Waals surface area contributed by atoms with Crippen LogP contribution in [0.4, 0.5) is 0 Å². The first-order valence-electron chi connectivity index (χ1n) is 6.17. The summed E-state index contributed by atoms with van der Waals surface area (Å²) in [6.07, 6.45) is 2.63. The van der Waals surface area contributed by atoms with E-state index in [4.69, 9.17) is 0 Å². The Balaban J connectivity index is 1.97. The largest absolute Gasteiger partial charge is 0.507 e. The average Bonchev–Trinajstić information content (AvgIpc) is 2.43. The molecule has 7 heteroatoms. The Hall–Kier alpha value is -1.89. The number of carbonyl (C=O) groups is 2. The van der Waals surface area contributed by atoms with Gasteiger partial charge >= 0.3 is 0 Å². The fourth-order valence-electron chi connectivity index (χ4n) is 1.89. The number of rotatable bonds is 3. The molecule has 1 saturated heterocycles. The third kappa shape index (κ3) is 3.57. The van der Waals surface area contributed by atoms with Crippen LogP contribution in [0.5, 0.6) is 5.75 Å². The van der Waals surface area contributed by atoms with Gasteiger partial charge in [0.2, 0.25) is 5.91 Å². The molecule has 6 nitrogen and oxygen atoms in total. The lowest BCUT2D eigenvalue weighted by molar-refractivity contribution is -0.136. The van der Waals surface area contributed by atoms with Gasteiger partial charge in [-0.3, -0.25) is 9.59 Å². The molecule has 1 atom stereocenters. The number of benzene rings is 1. The van der Waals surface area contributed by atoms with Gasteiger partial charge in [-0.2, -0.15) is 5.10 Å². The molecule has 1 aliphatic heterocycles. The Morgan fingerprint density at radius 2 is 2.35 bits per heavy atom. The molecule has 20 heavy (non-hydrogen) atoms. The number of hydrogen-bond donors (Lipinski definition) is 3.